The van der Waals surface area contributed by atoms with Crippen molar-refractivity contribution in [2.24, 2.45) is 0 Å². The van der Waals surface area contributed by atoms with Gasteiger partial charge in [-0.3, -0.25) is 9.59 Å². The van der Waals surface area contributed by atoms with Crippen LogP contribution in [0.25, 0.3) is 0 Å². The fourth-order valence-electron chi connectivity index (χ4n) is 2.53. The van der Waals surface area contributed by atoms with Crippen molar-refractivity contribution in [2.45, 2.75) is 19.3 Å². The van der Waals surface area contributed by atoms with E-state index in [1.165, 1.54) is 18.3 Å². The number of rotatable bonds is 8. The number of aromatic nitrogens is 4. The maximum Gasteiger partial charge on any atom is 0.471 e. The van der Waals surface area contributed by atoms with E-state index in [9.17, 15) is 35.9 Å². The standard InChI is InChI=1S/C19H15F6N7O3S/c1-9-14(16(36-32-9)31-12-8-27-11(7-28-12)18(20,21)22)15(33)30-10-2-3-13(29-6-10)35-5-4-26-17(34)19(23,24)25/h2-3,6-8H,4-5H2,1H3,(H,26,34)(H,28,31)(H,30,33). The van der Waals surface area contributed by atoms with Gasteiger partial charge in [-0.1, -0.05) is 0 Å². The van der Waals surface area contributed by atoms with Gasteiger partial charge in [0.05, 0.1) is 42.1 Å². The average Bonchev–Trinajstić information content (AvgIpc) is 3.16. The van der Waals surface area contributed by atoms with Crippen molar-refractivity contribution in [3.05, 3.63) is 47.7 Å². The third-order valence-corrected chi connectivity index (χ3v) is 5.02. The first kappa shape index (κ1) is 26.6. The van der Waals surface area contributed by atoms with E-state index in [1.807, 2.05) is 0 Å². The first-order valence-electron chi connectivity index (χ1n) is 9.72. The molecule has 0 radical (unpaired) electrons. The molecule has 192 valence electrons. The van der Waals surface area contributed by atoms with Crippen molar-refractivity contribution in [2.75, 3.05) is 23.8 Å². The Morgan fingerprint density at radius 2 is 1.78 bits per heavy atom. The minimum absolute atomic E-state index is 0.0321. The highest BCUT2D eigenvalue weighted by molar-refractivity contribution is 7.10. The highest BCUT2D eigenvalue weighted by Gasteiger charge is 2.38. The van der Waals surface area contributed by atoms with Crippen molar-refractivity contribution >= 4 is 39.9 Å². The van der Waals surface area contributed by atoms with Gasteiger partial charge in [-0.05, 0) is 24.5 Å². The number of carbonyl (C=O) groups excluding carboxylic acids is 2. The summed E-state index contributed by atoms with van der Waals surface area (Å²) in [7, 11) is 0. The van der Waals surface area contributed by atoms with Crippen molar-refractivity contribution in [3.8, 4) is 5.88 Å². The van der Waals surface area contributed by atoms with Crippen LogP contribution in [0, 0.1) is 6.92 Å². The van der Waals surface area contributed by atoms with Crippen LogP contribution in [0.1, 0.15) is 21.7 Å². The minimum Gasteiger partial charge on any atom is -0.476 e. The number of aryl methyl sites for hydroxylation is 1. The molecule has 0 bridgehead atoms. The Labute approximate surface area is 202 Å². The molecule has 10 nitrogen and oxygen atoms in total. The van der Waals surface area contributed by atoms with Crippen LogP contribution in [-0.4, -0.2) is 50.5 Å². The van der Waals surface area contributed by atoms with Crippen LogP contribution < -0.4 is 20.7 Å². The van der Waals surface area contributed by atoms with E-state index in [2.05, 4.69) is 30.0 Å². The first-order chi connectivity index (χ1) is 16.8. The fraction of sp³-hybridized carbons (Fsp3) is 0.263. The second kappa shape index (κ2) is 10.7. The molecule has 2 amide bonds. The van der Waals surface area contributed by atoms with E-state index >= 15 is 0 Å². The molecule has 0 spiro atoms. The first-order valence-corrected chi connectivity index (χ1v) is 10.5. The van der Waals surface area contributed by atoms with Crippen molar-refractivity contribution in [1.82, 2.24) is 24.6 Å². The zero-order valence-electron chi connectivity index (χ0n) is 18.0. The van der Waals surface area contributed by atoms with Crippen LogP contribution in [0.15, 0.2) is 30.7 Å². The number of nitrogens with one attached hydrogen (secondary N) is 3. The molecule has 0 atom stereocenters. The highest BCUT2D eigenvalue weighted by atomic mass is 32.1. The summed E-state index contributed by atoms with van der Waals surface area (Å²) in [6.07, 6.45) is -6.98. The molecule has 3 rings (SSSR count). The number of hydrogen-bond acceptors (Lipinski definition) is 9. The van der Waals surface area contributed by atoms with Crippen molar-refractivity contribution in [3.63, 3.8) is 0 Å². The van der Waals surface area contributed by atoms with Crippen LogP contribution in [0.2, 0.25) is 0 Å². The van der Waals surface area contributed by atoms with Gasteiger partial charge in [0.2, 0.25) is 5.88 Å². The molecule has 3 aromatic rings. The van der Waals surface area contributed by atoms with Gasteiger partial charge in [-0.25, -0.2) is 15.0 Å². The molecule has 0 aliphatic rings. The van der Waals surface area contributed by atoms with Crippen molar-refractivity contribution < 1.29 is 40.7 Å². The lowest BCUT2D eigenvalue weighted by Gasteiger charge is -2.10. The van der Waals surface area contributed by atoms with Gasteiger partial charge in [0.15, 0.2) is 5.69 Å². The van der Waals surface area contributed by atoms with Gasteiger partial charge < -0.3 is 20.7 Å². The maximum atomic E-state index is 12.8. The second-order valence-electron chi connectivity index (χ2n) is 6.82. The van der Waals surface area contributed by atoms with Gasteiger partial charge in [0.25, 0.3) is 5.91 Å². The molecule has 0 aliphatic heterocycles. The molecular weight excluding hydrogens is 520 g/mol. The van der Waals surface area contributed by atoms with Gasteiger partial charge in [-0.15, -0.1) is 0 Å². The van der Waals surface area contributed by atoms with E-state index in [-0.39, 0.29) is 34.6 Å². The monoisotopic (exact) mass is 535 g/mol. The molecule has 17 heteroatoms. The largest absolute Gasteiger partial charge is 0.476 e. The Hall–Kier alpha value is -4.02. The SMILES string of the molecule is Cc1nsc(Nc2cnc(C(F)(F)F)cn2)c1C(=O)Nc1ccc(OCCNC(=O)C(F)(F)F)nc1. The van der Waals surface area contributed by atoms with Crippen LogP contribution in [-0.2, 0) is 11.0 Å². The van der Waals surface area contributed by atoms with E-state index in [0.717, 1.165) is 17.7 Å². The summed E-state index contributed by atoms with van der Waals surface area (Å²) in [4.78, 5) is 34.3. The normalized spacial score (nSPS) is 11.6. The summed E-state index contributed by atoms with van der Waals surface area (Å²) in [6.45, 7) is 0.881. The summed E-state index contributed by atoms with van der Waals surface area (Å²) in [5.74, 6) is -2.69. The Bertz CT molecular complexity index is 1210. The highest BCUT2D eigenvalue weighted by Crippen LogP contribution is 2.30. The zero-order chi connectivity index (χ0) is 26.5. The molecule has 3 aromatic heterocycles. The maximum absolute atomic E-state index is 12.8. The number of nitrogens with zero attached hydrogens (tertiary/aromatic N) is 4. The van der Waals surface area contributed by atoms with Crippen LogP contribution in [0.5, 0.6) is 5.88 Å². The van der Waals surface area contributed by atoms with Crippen molar-refractivity contribution in [1.29, 1.82) is 0 Å². The number of hydrogen-bond donors (Lipinski definition) is 3. The fourth-order valence-corrected chi connectivity index (χ4v) is 3.33. The van der Waals surface area contributed by atoms with Gasteiger partial charge >= 0.3 is 18.3 Å². The Kier molecular flexibility index (Phi) is 7.91. The molecule has 0 aromatic carbocycles. The molecule has 0 fully saturated rings. The van der Waals surface area contributed by atoms with Gasteiger partial charge in [0, 0.05) is 6.07 Å². The molecule has 0 saturated carbocycles. The van der Waals surface area contributed by atoms with Crippen LogP contribution in [0.4, 0.5) is 42.8 Å². The third kappa shape index (κ3) is 7.00. The predicted octanol–water partition coefficient (Wildman–Crippen LogP) is 3.71. The number of amides is 2. The lowest BCUT2D eigenvalue weighted by atomic mass is 10.2. The molecule has 0 saturated heterocycles. The lowest BCUT2D eigenvalue weighted by molar-refractivity contribution is -0.173. The Morgan fingerprint density at radius 1 is 1.03 bits per heavy atom. The van der Waals surface area contributed by atoms with E-state index in [4.69, 9.17) is 4.74 Å². The van der Waals surface area contributed by atoms with E-state index in [1.54, 1.807) is 12.2 Å². The summed E-state index contributed by atoms with van der Waals surface area (Å²) in [5, 5.41) is 7.14. The number of carbonyl (C=O) groups is 2. The minimum atomic E-state index is -4.99. The van der Waals surface area contributed by atoms with Crippen LogP contribution >= 0.6 is 11.5 Å². The number of alkyl halides is 6. The quantitative estimate of drug-likeness (QED) is 0.294. The Morgan fingerprint density at radius 3 is 2.36 bits per heavy atom. The average molecular weight is 535 g/mol. The summed E-state index contributed by atoms with van der Waals surface area (Å²) >= 11 is 0.889. The lowest BCUT2D eigenvalue weighted by Crippen LogP contribution is -2.38. The van der Waals surface area contributed by atoms with Gasteiger partial charge in [-0.2, -0.15) is 30.7 Å². The van der Waals surface area contributed by atoms with E-state index < -0.39 is 36.4 Å². The Balaban J connectivity index is 1.58. The summed E-state index contributed by atoms with van der Waals surface area (Å²) in [5.41, 5.74) is -0.475. The summed E-state index contributed by atoms with van der Waals surface area (Å²) < 4.78 is 83.5. The number of halogens is 6. The van der Waals surface area contributed by atoms with Gasteiger partial charge in [0.1, 0.15) is 17.4 Å². The molecule has 36 heavy (non-hydrogen) atoms. The molecule has 3 N–H and O–H groups in total. The number of ether oxygens (including phenoxy) is 1. The zero-order valence-corrected chi connectivity index (χ0v) is 18.8. The third-order valence-electron chi connectivity index (χ3n) is 4.16. The number of anilines is 3. The molecular formula is C19H15F6N7O3S. The molecule has 0 unspecified atom stereocenters. The number of pyridine rings is 1. The van der Waals surface area contributed by atoms with E-state index in [0.29, 0.717) is 11.9 Å². The molecule has 0 aliphatic carbocycles. The smallest absolute Gasteiger partial charge is 0.471 e. The topological polar surface area (TPSA) is 131 Å². The van der Waals surface area contributed by atoms with Crippen LogP contribution in [0.3, 0.4) is 0 Å². The molecule has 3 heterocycles. The summed E-state index contributed by atoms with van der Waals surface area (Å²) in [6, 6.07) is 2.76. The second-order valence-corrected chi connectivity index (χ2v) is 7.60. The predicted molar refractivity (Wildman–Crippen MR) is 114 cm³/mol.